The zero-order chi connectivity index (χ0) is 14.3. The molecular weight excluding hydrogens is 318 g/mol. The third-order valence-electron chi connectivity index (χ3n) is 3.09. The molecule has 102 valence electrons. The monoisotopic (exact) mass is 331 g/mol. The molecule has 0 unspecified atom stereocenters. The number of nitrogens with zero attached hydrogens (tertiary/aromatic N) is 4. The van der Waals surface area contributed by atoms with Crippen LogP contribution in [0, 0.1) is 0 Å². The molecule has 0 fully saturated rings. The molecule has 0 radical (unpaired) electrons. The van der Waals surface area contributed by atoms with Crippen molar-refractivity contribution in [1.29, 1.82) is 0 Å². The molecule has 0 saturated heterocycles. The second kappa shape index (κ2) is 4.79. The number of anilines is 2. The maximum absolute atomic E-state index is 5.70. The van der Waals surface area contributed by atoms with Crippen LogP contribution in [0.25, 0.3) is 16.8 Å². The van der Waals surface area contributed by atoms with Gasteiger partial charge >= 0.3 is 0 Å². The predicted octanol–water partition coefficient (Wildman–Crippen LogP) is 2.81. The maximum atomic E-state index is 5.70. The molecule has 0 aliphatic rings. The van der Waals surface area contributed by atoms with Gasteiger partial charge in [-0.15, -0.1) is 5.10 Å². The van der Waals surface area contributed by atoms with Gasteiger partial charge in [-0.1, -0.05) is 12.1 Å². The van der Waals surface area contributed by atoms with Crippen molar-refractivity contribution >= 4 is 33.2 Å². The maximum Gasteiger partial charge on any atom is 0.240 e. The second-order valence-corrected chi connectivity index (χ2v) is 5.67. The van der Waals surface area contributed by atoms with E-state index in [1.165, 1.54) is 0 Å². The highest BCUT2D eigenvalue weighted by Crippen LogP contribution is 2.29. The molecule has 2 N–H and O–H groups in total. The van der Waals surface area contributed by atoms with Crippen LogP contribution in [-0.4, -0.2) is 28.7 Å². The Morgan fingerprint density at radius 3 is 2.80 bits per heavy atom. The number of fused-ring (bicyclic) bond motifs is 1. The lowest BCUT2D eigenvalue weighted by Gasteiger charge is -2.14. The van der Waals surface area contributed by atoms with E-state index in [0.29, 0.717) is 0 Å². The Hall–Kier alpha value is -2.08. The number of aromatic nitrogens is 3. The molecular formula is C14H14BrN5. The average Bonchev–Trinajstić information content (AvgIpc) is 2.78. The smallest absolute Gasteiger partial charge is 0.240 e. The topological polar surface area (TPSA) is 59.5 Å². The van der Waals surface area contributed by atoms with Crippen molar-refractivity contribution in [2.24, 2.45) is 0 Å². The minimum atomic E-state index is 0.271. The van der Waals surface area contributed by atoms with Gasteiger partial charge in [-0.05, 0) is 39.7 Å². The Morgan fingerprint density at radius 2 is 2.05 bits per heavy atom. The molecule has 0 aliphatic carbocycles. The quantitative estimate of drug-likeness (QED) is 0.784. The van der Waals surface area contributed by atoms with Crippen LogP contribution in [-0.2, 0) is 0 Å². The number of benzene rings is 1. The fourth-order valence-electron chi connectivity index (χ4n) is 2.13. The SMILES string of the molecule is CN(C)c1cccc(-c2cc(Br)cn3nc(N)nc23)c1. The third kappa shape index (κ3) is 2.22. The van der Waals surface area contributed by atoms with Gasteiger partial charge in [0, 0.05) is 36.0 Å². The molecule has 1 aromatic carbocycles. The Labute approximate surface area is 125 Å². The molecule has 0 atom stereocenters. The molecule has 20 heavy (non-hydrogen) atoms. The van der Waals surface area contributed by atoms with Crippen molar-refractivity contribution in [3.05, 3.63) is 41.0 Å². The van der Waals surface area contributed by atoms with Crippen molar-refractivity contribution in [2.75, 3.05) is 24.7 Å². The van der Waals surface area contributed by atoms with Gasteiger partial charge in [-0.2, -0.15) is 4.98 Å². The molecule has 0 bridgehead atoms. The van der Waals surface area contributed by atoms with Crippen LogP contribution in [0.5, 0.6) is 0 Å². The summed E-state index contributed by atoms with van der Waals surface area (Å²) >= 11 is 3.50. The summed E-state index contributed by atoms with van der Waals surface area (Å²) in [4.78, 5) is 6.37. The van der Waals surface area contributed by atoms with E-state index in [4.69, 9.17) is 5.73 Å². The van der Waals surface area contributed by atoms with Gasteiger partial charge in [-0.3, -0.25) is 0 Å². The Bertz CT molecular complexity index is 778. The first-order valence-corrected chi connectivity index (χ1v) is 6.93. The summed E-state index contributed by atoms with van der Waals surface area (Å²) < 4.78 is 2.62. The Kier molecular flexibility index (Phi) is 3.10. The minimum Gasteiger partial charge on any atom is -0.378 e. The van der Waals surface area contributed by atoms with Crippen LogP contribution in [0.3, 0.4) is 0 Å². The molecule has 0 amide bonds. The molecule has 2 aromatic heterocycles. The number of rotatable bonds is 2. The number of pyridine rings is 1. The highest BCUT2D eigenvalue weighted by Gasteiger charge is 2.10. The third-order valence-corrected chi connectivity index (χ3v) is 3.52. The number of nitrogen functional groups attached to an aromatic ring is 1. The Balaban J connectivity index is 2.25. The standard InChI is InChI=1S/C14H14BrN5/c1-19(2)11-5-3-4-9(6-11)12-7-10(15)8-20-13(12)17-14(16)18-20/h3-8H,1-2H3,(H2,16,18). The van der Waals surface area contributed by atoms with E-state index in [1.54, 1.807) is 4.52 Å². The first-order chi connectivity index (χ1) is 9.54. The summed E-state index contributed by atoms with van der Waals surface area (Å²) in [5, 5.41) is 4.16. The van der Waals surface area contributed by atoms with E-state index >= 15 is 0 Å². The molecule has 0 aliphatic heterocycles. The summed E-state index contributed by atoms with van der Waals surface area (Å²) in [6.07, 6.45) is 1.85. The fourth-order valence-corrected chi connectivity index (χ4v) is 2.56. The van der Waals surface area contributed by atoms with Crippen molar-refractivity contribution in [3.63, 3.8) is 0 Å². The highest BCUT2D eigenvalue weighted by molar-refractivity contribution is 9.10. The van der Waals surface area contributed by atoms with E-state index in [0.717, 1.165) is 26.9 Å². The number of hydrogen-bond donors (Lipinski definition) is 1. The van der Waals surface area contributed by atoms with E-state index in [2.05, 4.69) is 49.1 Å². The van der Waals surface area contributed by atoms with E-state index in [-0.39, 0.29) is 5.95 Å². The van der Waals surface area contributed by atoms with Crippen LogP contribution >= 0.6 is 15.9 Å². The van der Waals surface area contributed by atoms with Crippen molar-refractivity contribution in [1.82, 2.24) is 14.6 Å². The predicted molar refractivity (Wildman–Crippen MR) is 84.9 cm³/mol. The molecule has 3 rings (SSSR count). The number of hydrogen-bond acceptors (Lipinski definition) is 4. The zero-order valence-electron chi connectivity index (χ0n) is 11.2. The van der Waals surface area contributed by atoms with E-state index < -0.39 is 0 Å². The van der Waals surface area contributed by atoms with Crippen LogP contribution in [0.15, 0.2) is 41.0 Å². The summed E-state index contributed by atoms with van der Waals surface area (Å²) in [6.45, 7) is 0. The van der Waals surface area contributed by atoms with E-state index in [1.807, 2.05) is 32.4 Å². The normalized spacial score (nSPS) is 10.9. The van der Waals surface area contributed by atoms with Gasteiger partial charge in [0.2, 0.25) is 5.95 Å². The first-order valence-electron chi connectivity index (χ1n) is 6.14. The lowest BCUT2D eigenvalue weighted by molar-refractivity contribution is 0.964. The summed E-state index contributed by atoms with van der Waals surface area (Å²) in [5.41, 5.74) is 9.65. The molecule has 5 nitrogen and oxygen atoms in total. The molecule has 0 spiro atoms. The lowest BCUT2D eigenvalue weighted by atomic mass is 10.1. The first kappa shape index (κ1) is 12.9. The van der Waals surface area contributed by atoms with Crippen molar-refractivity contribution in [2.45, 2.75) is 0 Å². The van der Waals surface area contributed by atoms with Crippen LogP contribution < -0.4 is 10.6 Å². The molecule has 3 aromatic rings. The van der Waals surface area contributed by atoms with Gasteiger partial charge in [-0.25, -0.2) is 4.52 Å². The summed E-state index contributed by atoms with van der Waals surface area (Å²) in [6, 6.07) is 10.3. The molecule has 6 heteroatoms. The number of halogens is 1. The number of nitrogens with two attached hydrogens (primary N) is 1. The summed E-state index contributed by atoms with van der Waals surface area (Å²) in [7, 11) is 4.04. The van der Waals surface area contributed by atoms with Gasteiger partial charge in [0.1, 0.15) is 0 Å². The van der Waals surface area contributed by atoms with Crippen molar-refractivity contribution in [3.8, 4) is 11.1 Å². The largest absolute Gasteiger partial charge is 0.378 e. The zero-order valence-corrected chi connectivity index (χ0v) is 12.8. The molecule has 2 heterocycles. The van der Waals surface area contributed by atoms with Crippen LogP contribution in [0.4, 0.5) is 11.6 Å². The highest BCUT2D eigenvalue weighted by atomic mass is 79.9. The van der Waals surface area contributed by atoms with Crippen LogP contribution in [0.2, 0.25) is 0 Å². The van der Waals surface area contributed by atoms with Gasteiger partial charge < -0.3 is 10.6 Å². The van der Waals surface area contributed by atoms with Gasteiger partial charge in [0.25, 0.3) is 0 Å². The van der Waals surface area contributed by atoms with E-state index in [9.17, 15) is 0 Å². The summed E-state index contributed by atoms with van der Waals surface area (Å²) in [5.74, 6) is 0.271. The minimum absolute atomic E-state index is 0.271. The fraction of sp³-hybridized carbons (Fsp3) is 0.143. The Morgan fingerprint density at radius 1 is 1.25 bits per heavy atom. The lowest BCUT2D eigenvalue weighted by Crippen LogP contribution is -2.08. The average molecular weight is 332 g/mol. The second-order valence-electron chi connectivity index (χ2n) is 4.75. The van der Waals surface area contributed by atoms with Crippen LogP contribution in [0.1, 0.15) is 0 Å². The van der Waals surface area contributed by atoms with Crippen molar-refractivity contribution < 1.29 is 0 Å². The van der Waals surface area contributed by atoms with Gasteiger partial charge in [0.05, 0.1) is 0 Å². The molecule has 0 saturated carbocycles. The van der Waals surface area contributed by atoms with Gasteiger partial charge in [0.15, 0.2) is 5.65 Å².